The van der Waals surface area contributed by atoms with Gasteiger partial charge in [0.25, 0.3) is 0 Å². The molecule has 4 rings (SSSR count). The Morgan fingerprint density at radius 3 is 2.62 bits per heavy atom. The summed E-state index contributed by atoms with van der Waals surface area (Å²) in [6.45, 7) is 10.4. The zero-order valence-electron chi connectivity index (χ0n) is 17.7. The molecule has 1 spiro atoms. The number of hydrogen-bond donors (Lipinski definition) is 1. The lowest BCUT2D eigenvalue weighted by Crippen LogP contribution is -2.52. The molecule has 0 saturated carbocycles. The molecule has 1 N–H and O–H groups in total. The number of likely N-dealkylation sites (tertiary alicyclic amines) is 2. The van der Waals surface area contributed by atoms with Gasteiger partial charge in [-0.3, -0.25) is 14.5 Å². The van der Waals surface area contributed by atoms with Crippen LogP contribution in [0, 0.1) is 13.8 Å². The Hall–Kier alpha value is -2.48. The quantitative estimate of drug-likeness (QED) is 0.846. The number of carbonyl (C=O) groups is 2. The number of aryl methyl sites for hydroxylation is 2. The number of nitrogens with zero attached hydrogens (tertiary/aromatic N) is 5. The van der Waals surface area contributed by atoms with Crippen molar-refractivity contribution in [1.29, 1.82) is 0 Å². The van der Waals surface area contributed by atoms with E-state index in [2.05, 4.69) is 15.3 Å². The molecule has 2 fully saturated rings. The van der Waals surface area contributed by atoms with Crippen LogP contribution in [-0.4, -0.2) is 67.4 Å². The van der Waals surface area contributed by atoms with Gasteiger partial charge >= 0.3 is 0 Å². The second-order valence-electron chi connectivity index (χ2n) is 8.66. The third-order valence-electron chi connectivity index (χ3n) is 6.50. The lowest BCUT2D eigenvalue weighted by Gasteiger charge is -2.44. The number of carbonyl (C=O) groups excluding carboxylic acids is 2. The molecule has 4 heterocycles. The molecule has 8 heteroatoms. The number of amides is 2. The molecule has 1 atom stereocenters. The first kappa shape index (κ1) is 19.8. The highest BCUT2D eigenvalue weighted by Crippen LogP contribution is 2.40. The summed E-state index contributed by atoms with van der Waals surface area (Å²) in [4.78, 5) is 32.6. The largest absolute Gasteiger partial charge is 0.352 e. The second kappa shape index (κ2) is 7.40. The van der Waals surface area contributed by atoms with Gasteiger partial charge < -0.3 is 10.2 Å². The summed E-state index contributed by atoms with van der Waals surface area (Å²) in [6.07, 6.45) is 4.68. The van der Waals surface area contributed by atoms with Gasteiger partial charge in [-0.15, -0.1) is 0 Å². The molecule has 0 radical (unpaired) electrons. The predicted molar refractivity (Wildman–Crippen MR) is 109 cm³/mol. The van der Waals surface area contributed by atoms with E-state index >= 15 is 0 Å². The fraction of sp³-hybridized carbons (Fsp3) is 0.619. The average molecular weight is 399 g/mol. The van der Waals surface area contributed by atoms with Crippen LogP contribution in [0.15, 0.2) is 12.3 Å². The molecule has 29 heavy (non-hydrogen) atoms. The van der Waals surface area contributed by atoms with Crippen molar-refractivity contribution >= 4 is 17.5 Å². The molecule has 0 aliphatic carbocycles. The molecule has 2 saturated heterocycles. The zero-order valence-corrected chi connectivity index (χ0v) is 17.7. The first-order valence-electron chi connectivity index (χ1n) is 10.4. The fourth-order valence-electron chi connectivity index (χ4n) is 5.12. The highest BCUT2D eigenvalue weighted by Gasteiger charge is 2.47. The van der Waals surface area contributed by atoms with Gasteiger partial charge in [-0.1, -0.05) is 0 Å². The number of rotatable bonds is 3. The van der Waals surface area contributed by atoms with E-state index in [-0.39, 0.29) is 23.4 Å². The Labute approximate surface area is 171 Å². The number of piperidine rings is 1. The van der Waals surface area contributed by atoms with Gasteiger partial charge in [0, 0.05) is 68.6 Å². The Bertz CT molecular complexity index is 944. The fourth-order valence-corrected chi connectivity index (χ4v) is 5.12. The zero-order chi connectivity index (χ0) is 20.8. The van der Waals surface area contributed by atoms with Crippen LogP contribution in [0.4, 0.5) is 0 Å². The molecular formula is C21H30N6O2. The van der Waals surface area contributed by atoms with Gasteiger partial charge in [-0.2, -0.15) is 5.10 Å². The lowest BCUT2D eigenvalue weighted by molar-refractivity contribution is -0.131. The SMILES string of the molecule is CC(=O)N[C@H]1CN(Cc2cnn3c(C)cc(C)nc23)C2(CCN(C(C)=O)CC2)C1. The standard InChI is InChI=1S/C21H30N6O2/c1-14-9-15(2)27-20(23-14)18(11-22-27)12-26-13-19(24-16(3)28)10-21(26)5-7-25(8-6-21)17(4)29/h9,11,19H,5-8,10,12-13H2,1-4H3,(H,24,28)/t19-/m1/s1. The van der Waals surface area contributed by atoms with E-state index in [1.54, 1.807) is 13.8 Å². The minimum Gasteiger partial charge on any atom is -0.352 e. The van der Waals surface area contributed by atoms with E-state index < -0.39 is 0 Å². The van der Waals surface area contributed by atoms with Gasteiger partial charge in [0.2, 0.25) is 11.8 Å². The van der Waals surface area contributed by atoms with Crippen molar-refractivity contribution < 1.29 is 9.59 Å². The first-order valence-corrected chi connectivity index (χ1v) is 10.4. The van der Waals surface area contributed by atoms with Crippen molar-refractivity contribution in [3.05, 3.63) is 29.2 Å². The molecule has 2 aromatic rings. The topological polar surface area (TPSA) is 82.8 Å². The Kier molecular flexibility index (Phi) is 5.06. The predicted octanol–water partition coefficient (Wildman–Crippen LogP) is 1.44. The normalized spacial score (nSPS) is 21.8. The van der Waals surface area contributed by atoms with Crippen LogP contribution in [0.3, 0.4) is 0 Å². The molecule has 2 aliphatic rings. The molecule has 2 aromatic heterocycles. The monoisotopic (exact) mass is 398 g/mol. The molecule has 8 nitrogen and oxygen atoms in total. The van der Waals surface area contributed by atoms with E-state index in [9.17, 15) is 9.59 Å². The molecule has 2 amide bonds. The van der Waals surface area contributed by atoms with Gasteiger partial charge in [-0.25, -0.2) is 9.50 Å². The average Bonchev–Trinajstić information content (AvgIpc) is 3.17. The van der Waals surface area contributed by atoms with Gasteiger partial charge in [0.1, 0.15) is 0 Å². The van der Waals surface area contributed by atoms with E-state index in [4.69, 9.17) is 4.98 Å². The van der Waals surface area contributed by atoms with Crippen molar-refractivity contribution in [1.82, 2.24) is 29.7 Å². The Morgan fingerprint density at radius 2 is 1.97 bits per heavy atom. The van der Waals surface area contributed by atoms with Crippen LogP contribution >= 0.6 is 0 Å². The second-order valence-corrected chi connectivity index (χ2v) is 8.66. The number of hydrogen-bond acceptors (Lipinski definition) is 5. The lowest BCUT2D eigenvalue weighted by atomic mass is 9.84. The van der Waals surface area contributed by atoms with Crippen LogP contribution in [0.1, 0.15) is 50.1 Å². The third kappa shape index (κ3) is 3.73. The smallest absolute Gasteiger partial charge is 0.219 e. The number of fused-ring (bicyclic) bond motifs is 1. The molecule has 0 unspecified atom stereocenters. The van der Waals surface area contributed by atoms with Gasteiger partial charge in [0.05, 0.1) is 6.20 Å². The molecule has 2 aliphatic heterocycles. The van der Waals surface area contributed by atoms with Gasteiger partial charge in [0.15, 0.2) is 5.65 Å². The van der Waals surface area contributed by atoms with Crippen LogP contribution < -0.4 is 5.32 Å². The molecule has 156 valence electrons. The van der Waals surface area contributed by atoms with Crippen molar-refractivity contribution in [3.63, 3.8) is 0 Å². The van der Waals surface area contributed by atoms with Crippen LogP contribution in [0.5, 0.6) is 0 Å². The minimum atomic E-state index is -0.00774. The Morgan fingerprint density at radius 1 is 1.24 bits per heavy atom. The van der Waals surface area contributed by atoms with Crippen molar-refractivity contribution in [2.75, 3.05) is 19.6 Å². The van der Waals surface area contributed by atoms with Crippen LogP contribution in [0.2, 0.25) is 0 Å². The summed E-state index contributed by atoms with van der Waals surface area (Å²) in [5.41, 5.74) is 4.06. The summed E-state index contributed by atoms with van der Waals surface area (Å²) in [5, 5.41) is 7.66. The summed E-state index contributed by atoms with van der Waals surface area (Å²) < 4.78 is 1.90. The molecular weight excluding hydrogens is 368 g/mol. The maximum atomic E-state index is 11.8. The van der Waals surface area contributed by atoms with E-state index in [1.807, 2.05) is 35.5 Å². The summed E-state index contributed by atoms with van der Waals surface area (Å²) in [5.74, 6) is 0.151. The molecule has 0 aromatic carbocycles. The first-order chi connectivity index (χ1) is 13.8. The number of nitrogens with one attached hydrogen (secondary N) is 1. The van der Waals surface area contributed by atoms with E-state index in [1.165, 1.54) is 0 Å². The highest BCUT2D eigenvalue weighted by atomic mass is 16.2. The maximum Gasteiger partial charge on any atom is 0.219 e. The molecule has 0 bridgehead atoms. The minimum absolute atomic E-state index is 0.00774. The van der Waals surface area contributed by atoms with Crippen molar-refractivity contribution in [2.45, 2.75) is 65.1 Å². The maximum absolute atomic E-state index is 11.8. The summed E-state index contributed by atoms with van der Waals surface area (Å²) in [7, 11) is 0. The number of aromatic nitrogens is 3. The van der Waals surface area contributed by atoms with Crippen molar-refractivity contribution in [3.8, 4) is 0 Å². The van der Waals surface area contributed by atoms with E-state index in [0.29, 0.717) is 0 Å². The van der Waals surface area contributed by atoms with Gasteiger partial charge in [-0.05, 0) is 39.2 Å². The van der Waals surface area contributed by atoms with E-state index in [0.717, 1.165) is 68.0 Å². The third-order valence-corrected chi connectivity index (χ3v) is 6.50. The highest BCUT2D eigenvalue weighted by molar-refractivity contribution is 5.73. The summed E-state index contributed by atoms with van der Waals surface area (Å²) >= 11 is 0. The van der Waals surface area contributed by atoms with Crippen molar-refractivity contribution in [2.24, 2.45) is 0 Å². The Balaban J connectivity index is 1.61. The van der Waals surface area contributed by atoms with Crippen LogP contribution in [-0.2, 0) is 16.1 Å². The summed E-state index contributed by atoms with van der Waals surface area (Å²) in [6, 6.07) is 2.17. The van der Waals surface area contributed by atoms with Crippen LogP contribution in [0.25, 0.3) is 5.65 Å².